The second-order valence-electron chi connectivity index (χ2n) is 6.47. The lowest BCUT2D eigenvalue weighted by Gasteiger charge is -2.34. The summed E-state index contributed by atoms with van der Waals surface area (Å²) in [5.41, 5.74) is 0.139. The summed E-state index contributed by atoms with van der Waals surface area (Å²) in [5, 5.41) is 19.2. The molecule has 0 spiro atoms. The Balaban J connectivity index is 4.34. The van der Waals surface area contributed by atoms with Crippen LogP contribution in [-0.2, 0) is 0 Å². The van der Waals surface area contributed by atoms with Gasteiger partial charge in [-0.25, -0.2) is 0 Å². The fourth-order valence-corrected chi connectivity index (χ4v) is 1.98. The van der Waals surface area contributed by atoms with Gasteiger partial charge in [-0.15, -0.1) is 0 Å². The van der Waals surface area contributed by atoms with Crippen LogP contribution in [0.3, 0.4) is 0 Å². The Labute approximate surface area is 101 Å². The van der Waals surface area contributed by atoms with Crippen molar-refractivity contribution in [3.8, 4) is 0 Å². The van der Waals surface area contributed by atoms with Crippen LogP contribution in [0.15, 0.2) is 0 Å². The molecule has 2 heteroatoms. The van der Waals surface area contributed by atoms with E-state index in [0.717, 1.165) is 12.8 Å². The molecule has 0 saturated heterocycles. The van der Waals surface area contributed by atoms with Gasteiger partial charge in [0.2, 0.25) is 0 Å². The van der Waals surface area contributed by atoms with Gasteiger partial charge in [-0.05, 0) is 36.0 Å². The van der Waals surface area contributed by atoms with E-state index in [1.165, 1.54) is 0 Å². The molecule has 3 unspecified atom stereocenters. The lowest BCUT2D eigenvalue weighted by Crippen LogP contribution is -2.32. The van der Waals surface area contributed by atoms with Gasteiger partial charge >= 0.3 is 0 Å². The first-order valence-electron chi connectivity index (χ1n) is 6.49. The van der Waals surface area contributed by atoms with Gasteiger partial charge in [-0.3, -0.25) is 0 Å². The molecule has 0 aromatic heterocycles. The van der Waals surface area contributed by atoms with Gasteiger partial charge in [-0.1, -0.05) is 41.5 Å². The number of hydrogen-bond donors (Lipinski definition) is 2. The average molecular weight is 230 g/mol. The van der Waals surface area contributed by atoms with Crippen molar-refractivity contribution in [2.24, 2.45) is 23.2 Å². The summed E-state index contributed by atoms with van der Waals surface area (Å²) >= 11 is 0. The van der Waals surface area contributed by atoms with Gasteiger partial charge < -0.3 is 10.2 Å². The quantitative estimate of drug-likeness (QED) is 0.736. The summed E-state index contributed by atoms with van der Waals surface area (Å²) in [4.78, 5) is 0. The molecule has 3 atom stereocenters. The Morgan fingerprint density at radius 1 is 1.06 bits per heavy atom. The van der Waals surface area contributed by atoms with Crippen LogP contribution in [0.25, 0.3) is 0 Å². The van der Waals surface area contributed by atoms with Crippen molar-refractivity contribution >= 4 is 0 Å². The van der Waals surface area contributed by atoms with Gasteiger partial charge in [0, 0.05) is 6.61 Å². The molecule has 0 aromatic rings. The maximum absolute atomic E-state index is 10.2. The number of aliphatic hydroxyl groups excluding tert-OH is 2. The molecule has 0 heterocycles. The van der Waals surface area contributed by atoms with Crippen molar-refractivity contribution in [1.82, 2.24) is 0 Å². The molecule has 0 radical (unpaired) electrons. The Bertz CT molecular complexity index is 182. The predicted molar refractivity (Wildman–Crippen MR) is 69.3 cm³/mol. The third kappa shape index (κ3) is 5.31. The zero-order chi connectivity index (χ0) is 12.9. The highest BCUT2D eigenvalue weighted by atomic mass is 16.3. The molecular weight excluding hydrogens is 200 g/mol. The summed E-state index contributed by atoms with van der Waals surface area (Å²) in [6.45, 7) is 13.1. The SMILES string of the molecule is CC(C)C(CCO)CC(O)C(C)C(C)(C)C. The maximum atomic E-state index is 10.2. The number of hydrogen-bond acceptors (Lipinski definition) is 2. The standard InChI is InChI=1S/C14H30O2/c1-10(2)12(7-8-15)9-13(16)11(3)14(4,5)6/h10-13,15-16H,7-9H2,1-6H3. The smallest absolute Gasteiger partial charge is 0.0573 e. The van der Waals surface area contributed by atoms with Crippen LogP contribution in [0.4, 0.5) is 0 Å². The monoisotopic (exact) mass is 230 g/mol. The van der Waals surface area contributed by atoms with Crippen LogP contribution in [0.5, 0.6) is 0 Å². The summed E-state index contributed by atoms with van der Waals surface area (Å²) in [7, 11) is 0. The van der Waals surface area contributed by atoms with E-state index in [4.69, 9.17) is 5.11 Å². The highest BCUT2D eigenvalue weighted by Crippen LogP contribution is 2.32. The van der Waals surface area contributed by atoms with Crippen LogP contribution < -0.4 is 0 Å². The molecule has 0 fully saturated rings. The normalized spacial score (nSPS) is 18.6. The molecule has 0 aliphatic carbocycles. The fourth-order valence-electron chi connectivity index (χ4n) is 1.98. The number of rotatable bonds is 6. The largest absolute Gasteiger partial charge is 0.396 e. The lowest BCUT2D eigenvalue weighted by molar-refractivity contribution is 0.0259. The van der Waals surface area contributed by atoms with Gasteiger partial charge in [-0.2, -0.15) is 0 Å². The van der Waals surface area contributed by atoms with Gasteiger partial charge in [0.1, 0.15) is 0 Å². The minimum atomic E-state index is -0.265. The molecule has 0 bridgehead atoms. The van der Waals surface area contributed by atoms with Gasteiger partial charge in [0.15, 0.2) is 0 Å². The minimum absolute atomic E-state index is 0.139. The average Bonchev–Trinajstić information content (AvgIpc) is 2.14. The molecule has 0 aliphatic rings. The van der Waals surface area contributed by atoms with Crippen molar-refractivity contribution < 1.29 is 10.2 Å². The Kier molecular flexibility index (Phi) is 6.57. The lowest BCUT2D eigenvalue weighted by atomic mass is 9.75. The van der Waals surface area contributed by atoms with Crippen molar-refractivity contribution in [3.63, 3.8) is 0 Å². The molecule has 16 heavy (non-hydrogen) atoms. The van der Waals surface area contributed by atoms with Crippen LogP contribution in [0.1, 0.15) is 54.4 Å². The second kappa shape index (κ2) is 6.61. The first kappa shape index (κ1) is 15.9. The van der Waals surface area contributed by atoms with Crippen LogP contribution >= 0.6 is 0 Å². The third-order valence-electron chi connectivity index (χ3n) is 3.93. The van der Waals surface area contributed by atoms with Crippen LogP contribution in [0.2, 0.25) is 0 Å². The molecule has 0 aliphatic heterocycles. The third-order valence-corrected chi connectivity index (χ3v) is 3.93. The van der Waals surface area contributed by atoms with E-state index in [0.29, 0.717) is 11.8 Å². The zero-order valence-corrected chi connectivity index (χ0v) is 11.8. The van der Waals surface area contributed by atoms with Crippen LogP contribution in [0, 0.1) is 23.2 Å². The fraction of sp³-hybridized carbons (Fsp3) is 1.00. The molecule has 98 valence electrons. The van der Waals surface area contributed by atoms with Crippen molar-refractivity contribution in [3.05, 3.63) is 0 Å². The summed E-state index contributed by atoms with van der Waals surface area (Å²) in [6, 6.07) is 0. The Hall–Kier alpha value is -0.0800. The van der Waals surface area contributed by atoms with E-state index in [9.17, 15) is 5.11 Å². The van der Waals surface area contributed by atoms with E-state index >= 15 is 0 Å². The zero-order valence-electron chi connectivity index (χ0n) is 11.8. The molecular formula is C14H30O2. The van der Waals surface area contributed by atoms with E-state index in [-0.39, 0.29) is 24.0 Å². The van der Waals surface area contributed by atoms with Crippen molar-refractivity contribution in [1.29, 1.82) is 0 Å². The summed E-state index contributed by atoms with van der Waals surface area (Å²) < 4.78 is 0. The number of aliphatic hydroxyl groups is 2. The summed E-state index contributed by atoms with van der Waals surface area (Å²) in [6.07, 6.45) is 1.33. The van der Waals surface area contributed by atoms with E-state index < -0.39 is 0 Å². The van der Waals surface area contributed by atoms with Gasteiger partial charge in [0.05, 0.1) is 6.10 Å². The molecule has 0 rings (SSSR count). The Morgan fingerprint density at radius 2 is 1.56 bits per heavy atom. The maximum Gasteiger partial charge on any atom is 0.0573 e. The molecule has 0 saturated carbocycles. The second-order valence-corrected chi connectivity index (χ2v) is 6.47. The predicted octanol–water partition coefficient (Wildman–Crippen LogP) is 3.07. The Morgan fingerprint density at radius 3 is 1.88 bits per heavy atom. The van der Waals surface area contributed by atoms with E-state index in [1.807, 2.05) is 0 Å². The molecule has 2 nitrogen and oxygen atoms in total. The molecule has 0 aromatic carbocycles. The highest BCUT2D eigenvalue weighted by molar-refractivity contribution is 4.79. The van der Waals surface area contributed by atoms with Crippen LogP contribution in [-0.4, -0.2) is 22.9 Å². The van der Waals surface area contributed by atoms with Crippen molar-refractivity contribution in [2.75, 3.05) is 6.61 Å². The molecule has 2 N–H and O–H groups in total. The summed E-state index contributed by atoms with van der Waals surface area (Å²) in [5.74, 6) is 1.23. The van der Waals surface area contributed by atoms with E-state index in [2.05, 4.69) is 41.5 Å². The first-order valence-corrected chi connectivity index (χ1v) is 6.49. The topological polar surface area (TPSA) is 40.5 Å². The van der Waals surface area contributed by atoms with Crippen molar-refractivity contribution in [2.45, 2.75) is 60.5 Å². The van der Waals surface area contributed by atoms with E-state index in [1.54, 1.807) is 0 Å². The first-order chi connectivity index (χ1) is 7.20. The minimum Gasteiger partial charge on any atom is -0.396 e. The van der Waals surface area contributed by atoms with Gasteiger partial charge in [0.25, 0.3) is 0 Å². The molecule has 0 amide bonds. The highest BCUT2D eigenvalue weighted by Gasteiger charge is 2.29.